The number of hydrogen-bond donors (Lipinski definition) is 1. The van der Waals surface area contributed by atoms with Gasteiger partial charge in [-0.25, -0.2) is 14.6 Å². The van der Waals surface area contributed by atoms with Crippen LogP contribution in [0.25, 0.3) is 21.9 Å². The normalized spacial score (nSPS) is 23.3. The molecular weight excluding hydrogens is 460 g/mol. The van der Waals surface area contributed by atoms with Gasteiger partial charge >= 0.3 is 5.97 Å². The molecule has 0 radical (unpaired) electrons. The summed E-state index contributed by atoms with van der Waals surface area (Å²) in [6.45, 7) is 23.3. The van der Waals surface area contributed by atoms with Crippen molar-refractivity contribution < 1.29 is 9.53 Å². The monoisotopic (exact) mass is 494 g/mol. The van der Waals surface area contributed by atoms with E-state index in [2.05, 4.69) is 63.4 Å². The minimum atomic E-state index is -0.476. The fourth-order valence-electron chi connectivity index (χ4n) is 5.49. The highest BCUT2D eigenvalue weighted by atomic mass is 35.5. The molecule has 4 rings (SSSR count). The van der Waals surface area contributed by atoms with E-state index in [0.29, 0.717) is 22.4 Å². The summed E-state index contributed by atoms with van der Waals surface area (Å²) in [6, 6.07) is 7.30. The highest BCUT2D eigenvalue weighted by molar-refractivity contribution is 6.30. The van der Waals surface area contributed by atoms with Gasteiger partial charge in [0.05, 0.1) is 6.57 Å². The molecule has 2 unspecified atom stereocenters. The molecule has 2 heterocycles. The number of benzene rings is 1. The first-order valence-corrected chi connectivity index (χ1v) is 12.6. The van der Waals surface area contributed by atoms with Crippen LogP contribution in [0.2, 0.25) is 5.02 Å². The number of hydrogen-bond acceptors (Lipinski definition) is 3. The second-order valence-corrected chi connectivity index (χ2v) is 12.6. The number of aromatic nitrogens is 3. The van der Waals surface area contributed by atoms with Gasteiger partial charge in [0.15, 0.2) is 11.5 Å². The molecule has 1 saturated carbocycles. The third-order valence-corrected chi connectivity index (χ3v) is 7.67. The molecule has 1 N–H and O–H groups in total. The number of halogens is 1. The number of carbonyl (C=O) groups excluding carboxylic acids is 1. The lowest BCUT2D eigenvalue weighted by Gasteiger charge is -2.50. The second-order valence-electron chi connectivity index (χ2n) is 12.2. The van der Waals surface area contributed by atoms with Gasteiger partial charge in [0, 0.05) is 28.6 Å². The van der Waals surface area contributed by atoms with Crippen LogP contribution in [0.3, 0.4) is 0 Å². The van der Waals surface area contributed by atoms with Crippen molar-refractivity contribution in [3.63, 3.8) is 0 Å². The fourth-order valence-corrected chi connectivity index (χ4v) is 5.62. The molecule has 1 aliphatic rings. The SMILES string of the molecule is [C-]#[N+]c1cn2[nH]c(-c3ccc(Cl)cc3)nc2c1C(=O)OC1C(C(C)(C)C)CC(C)CC1C(C)(C)C. The largest absolute Gasteiger partial charge is 0.459 e. The van der Waals surface area contributed by atoms with Crippen molar-refractivity contribution in [2.24, 2.45) is 28.6 Å². The molecule has 0 amide bonds. The Kier molecular flexibility index (Phi) is 6.53. The van der Waals surface area contributed by atoms with Gasteiger partial charge in [0.2, 0.25) is 5.69 Å². The van der Waals surface area contributed by atoms with Gasteiger partial charge in [0.1, 0.15) is 11.7 Å². The van der Waals surface area contributed by atoms with E-state index < -0.39 is 5.97 Å². The summed E-state index contributed by atoms with van der Waals surface area (Å²) < 4.78 is 8.00. The van der Waals surface area contributed by atoms with Crippen molar-refractivity contribution in [3.8, 4) is 11.4 Å². The smallest absolute Gasteiger partial charge is 0.331 e. The summed E-state index contributed by atoms with van der Waals surface area (Å²) in [7, 11) is 0. The summed E-state index contributed by atoms with van der Waals surface area (Å²) in [5.74, 6) is 1.12. The Labute approximate surface area is 212 Å². The standard InChI is InChI=1S/C28H35ClN4O2/c1-16-13-19(27(2,3)4)23(20(14-16)28(5,6)7)35-26(34)22-21(30-8)15-33-25(22)31-24(32-33)17-9-11-18(29)12-10-17/h9-12,15-16,19-20,23H,13-14H2,1-7H3,(H,31,32). The first-order chi connectivity index (χ1) is 16.3. The minimum Gasteiger partial charge on any atom is -0.459 e. The van der Waals surface area contributed by atoms with Crippen LogP contribution in [0.15, 0.2) is 30.5 Å². The van der Waals surface area contributed by atoms with Gasteiger partial charge in [-0.3, -0.25) is 9.61 Å². The van der Waals surface area contributed by atoms with Gasteiger partial charge in [-0.1, -0.05) is 60.1 Å². The Balaban J connectivity index is 1.74. The summed E-state index contributed by atoms with van der Waals surface area (Å²) in [5.41, 5.74) is 1.65. The molecule has 2 atom stereocenters. The Morgan fingerprint density at radius 1 is 1.11 bits per heavy atom. The highest BCUT2D eigenvalue weighted by Gasteiger charge is 2.48. The van der Waals surface area contributed by atoms with E-state index in [1.807, 2.05) is 12.1 Å². The number of H-pyrrole nitrogens is 1. The first-order valence-electron chi connectivity index (χ1n) is 12.2. The molecule has 1 fully saturated rings. The quantitative estimate of drug-likeness (QED) is 0.298. The van der Waals surface area contributed by atoms with Crippen LogP contribution in [0.5, 0.6) is 0 Å². The van der Waals surface area contributed by atoms with E-state index in [0.717, 1.165) is 18.4 Å². The van der Waals surface area contributed by atoms with E-state index in [9.17, 15) is 4.79 Å². The summed E-state index contributed by atoms with van der Waals surface area (Å²) in [5, 5.41) is 3.80. The predicted molar refractivity (Wildman–Crippen MR) is 140 cm³/mol. The van der Waals surface area contributed by atoms with E-state index in [4.69, 9.17) is 22.9 Å². The Bertz CT molecular complexity index is 1240. The molecule has 186 valence electrons. The van der Waals surface area contributed by atoms with Crippen LogP contribution >= 0.6 is 11.6 Å². The number of carbonyl (C=O) groups is 1. The molecule has 0 bridgehead atoms. The number of aromatic amines is 1. The lowest BCUT2D eigenvalue weighted by Crippen LogP contribution is -2.49. The first kappa shape index (κ1) is 25.3. The summed E-state index contributed by atoms with van der Waals surface area (Å²) >= 11 is 6.02. The molecule has 0 aliphatic heterocycles. The number of nitrogens with zero attached hydrogens (tertiary/aromatic N) is 3. The van der Waals surface area contributed by atoms with Crippen LogP contribution in [0, 0.1) is 35.2 Å². The maximum absolute atomic E-state index is 13.7. The number of ether oxygens (including phenoxy) is 1. The summed E-state index contributed by atoms with van der Waals surface area (Å²) in [4.78, 5) is 22.0. The van der Waals surface area contributed by atoms with Gasteiger partial charge in [-0.15, -0.1) is 0 Å². The molecule has 35 heavy (non-hydrogen) atoms. The number of nitrogens with one attached hydrogen (secondary N) is 1. The molecule has 1 aliphatic carbocycles. The van der Waals surface area contributed by atoms with Crippen molar-refractivity contribution in [2.45, 2.75) is 67.4 Å². The Morgan fingerprint density at radius 3 is 2.20 bits per heavy atom. The minimum absolute atomic E-state index is 0.0179. The van der Waals surface area contributed by atoms with Crippen LogP contribution in [0.1, 0.15) is 71.7 Å². The van der Waals surface area contributed by atoms with Crippen molar-refractivity contribution in [1.82, 2.24) is 14.6 Å². The van der Waals surface area contributed by atoms with Crippen LogP contribution in [0.4, 0.5) is 5.69 Å². The number of esters is 1. The molecule has 1 aromatic carbocycles. The van der Waals surface area contributed by atoms with E-state index >= 15 is 0 Å². The molecule has 7 heteroatoms. The number of rotatable bonds is 3. The molecule has 6 nitrogen and oxygen atoms in total. The van der Waals surface area contributed by atoms with Crippen LogP contribution in [-0.4, -0.2) is 26.7 Å². The van der Waals surface area contributed by atoms with E-state index in [1.165, 1.54) is 0 Å². The number of fused-ring (bicyclic) bond motifs is 1. The van der Waals surface area contributed by atoms with Gasteiger partial charge in [0.25, 0.3) is 0 Å². The maximum Gasteiger partial charge on any atom is 0.331 e. The Morgan fingerprint density at radius 2 is 1.69 bits per heavy atom. The third-order valence-electron chi connectivity index (χ3n) is 7.42. The lowest BCUT2D eigenvalue weighted by atomic mass is 9.59. The fraction of sp³-hybridized carbons (Fsp3) is 0.536. The van der Waals surface area contributed by atoms with Crippen molar-refractivity contribution in [2.75, 3.05) is 0 Å². The predicted octanol–water partition coefficient (Wildman–Crippen LogP) is 7.81. The highest BCUT2D eigenvalue weighted by Crippen LogP contribution is 2.50. The Hall–Kier alpha value is -2.78. The van der Waals surface area contributed by atoms with Crippen molar-refractivity contribution in [1.29, 1.82) is 0 Å². The second kappa shape index (κ2) is 9.02. The van der Waals surface area contributed by atoms with Crippen molar-refractivity contribution in [3.05, 3.63) is 52.5 Å². The van der Waals surface area contributed by atoms with Gasteiger partial charge in [-0.05, 0) is 53.9 Å². The van der Waals surface area contributed by atoms with E-state index in [1.54, 1.807) is 22.8 Å². The lowest BCUT2D eigenvalue weighted by molar-refractivity contribution is -0.0922. The molecular formula is C28H35ClN4O2. The van der Waals surface area contributed by atoms with Gasteiger partial charge in [-0.2, -0.15) is 0 Å². The van der Waals surface area contributed by atoms with Gasteiger partial charge < -0.3 is 4.74 Å². The van der Waals surface area contributed by atoms with Crippen LogP contribution in [-0.2, 0) is 4.74 Å². The average Bonchev–Trinajstić information content (AvgIpc) is 3.31. The molecule has 2 aromatic heterocycles. The maximum atomic E-state index is 13.7. The summed E-state index contributed by atoms with van der Waals surface area (Å²) in [6.07, 6.45) is 3.40. The third kappa shape index (κ3) is 4.97. The zero-order valence-electron chi connectivity index (χ0n) is 21.6. The average molecular weight is 495 g/mol. The molecule has 3 aromatic rings. The molecule has 0 spiro atoms. The molecule has 0 saturated heterocycles. The topological polar surface area (TPSA) is 63.8 Å². The van der Waals surface area contributed by atoms with Crippen molar-refractivity contribution >= 4 is 28.9 Å². The van der Waals surface area contributed by atoms with E-state index in [-0.39, 0.29) is 40.0 Å². The zero-order chi connectivity index (χ0) is 25.7. The van der Waals surface area contributed by atoms with Crippen LogP contribution < -0.4 is 0 Å². The zero-order valence-corrected chi connectivity index (χ0v) is 22.4.